The molecule has 3 N–H and O–H groups in total. The summed E-state index contributed by atoms with van der Waals surface area (Å²) >= 11 is 0. The fourth-order valence-electron chi connectivity index (χ4n) is 3.33. The molecule has 1 unspecified atom stereocenters. The summed E-state index contributed by atoms with van der Waals surface area (Å²) in [5.74, 6) is 0.150. The molecule has 0 aliphatic carbocycles. The van der Waals surface area contributed by atoms with E-state index in [0.717, 1.165) is 13.1 Å². The number of benzene rings is 1. The molecule has 1 aliphatic rings. The highest BCUT2D eigenvalue weighted by Crippen LogP contribution is 2.23. The fourth-order valence-corrected chi connectivity index (χ4v) is 3.33. The van der Waals surface area contributed by atoms with E-state index in [2.05, 4.69) is 27.3 Å². The number of oxazole rings is 1. The van der Waals surface area contributed by atoms with Crippen molar-refractivity contribution in [2.45, 2.75) is 38.3 Å². The van der Waals surface area contributed by atoms with Crippen LogP contribution in [0.3, 0.4) is 0 Å². The minimum atomic E-state index is -0.223. The minimum absolute atomic E-state index is 0.170. The normalized spacial score (nSPS) is 17.0. The minimum Gasteiger partial charge on any atom is -0.447 e. The summed E-state index contributed by atoms with van der Waals surface area (Å²) in [5, 5.41) is 3.01. The Balaban J connectivity index is 1.69. The molecule has 6 heteroatoms. The number of hydrogen-bond donors (Lipinski definition) is 2. The summed E-state index contributed by atoms with van der Waals surface area (Å²) in [6.45, 7) is 2.87. The second-order valence-corrected chi connectivity index (χ2v) is 6.42. The van der Waals surface area contributed by atoms with E-state index >= 15 is 0 Å². The Bertz CT molecular complexity index is 663. The molecular weight excluding hydrogens is 316 g/mol. The number of likely N-dealkylation sites (tertiary alicyclic amines) is 1. The number of carbonyl (C=O) groups excluding carboxylic acids is 1. The second kappa shape index (κ2) is 8.78. The van der Waals surface area contributed by atoms with Gasteiger partial charge in [-0.05, 0) is 31.5 Å². The van der Waals surface area contributed by atoms with Crippen LogP contribution in [0.15, 0.2) is 41.0 Å². The van der Waals surface area contributed by atoms with Crippen LogP contribution in [0.25, 0.3) is 0 Å². The van der Waals surface area contributed by atoms with Crippen LogP contribution in [0.1, 0.15) is 53.7 Å². The molecule has 1 amide bonds. The average Bonchev–Trinajstić information content (AvgIpc) is 2.99. The molecule has 134 valence electrons. The van der Waals surface area contributed by atoms with Crippen LogP contribution in [-0.4, -0.2) is 35.4 Å². The van der Waals surface area contributed by atoms with E-state index < -0.39 is 0 Å². The quantitative estimate of drug-likeness (QED) is 0.842. The van der Waals surface area contributed by atoms with Crippen LogP contribution < -0.4 is 11.1 Å². The zero-order valence-corrected chi connectivity index (χ0v) is 14.5. The van der Waals surface area contributed by atoms with Gasteiger partial charge in [-0.25, -0.2) is 4.98 Å². The van der Waals surface area contributed by atoms with E-state index in [1.54, 1.807) is 0 Å². The summed E-state index contributed by atoms with van der Waals surface area (Å²) in [4.78, 5) is 18.9. The zero-order valence-electron chi connectivity index (χ0n) is 14.5. The molecule has 1 saturated heterocycles. The Hall–Kier alpha value is -2.18. The van der Waals surface area contributed by atoms with E-state index in [9.17, 15) is 4.79 Å². The van der Waals surface area contributed by atoms with Crippen molar-refractivity contribution in [3.8, 4) is 0 Å². The van der Waals surface area contributed by atoms with Crippen LogP contribution in [0.2, 0.25) is 0 Å². The second-order valence-electron chi connectivity index (χ2n) is 6.42. The van der Waals surface area contributed by atoms with Gasteiger partial charge in [-0.3, -0.25) is 9.69 Å². The fraction of sp³-hybridized carbons (Fsp3) is 0.474. The van der Waals surface area contributed by atoms with E-state index in [-0.39, 0.29) is 24.2 Å². The summed E-state index contributed by atoms with van der Waals surface area (Å²) in [6.07, 6.45) is 6.35. The summed E-state index contributed by atoms with van der Waals surface area (Å²) in [6, 6.07) is 10.5. The number of carbonyl (C=O) groups is 1. The monoisotopic (exact) mass is 342 g/mol. The van der Waals surface area contributed by atoms with Crippen LogP contribution in [0.5, 0.6) is 0 Å². The number of hydrogen-bond acceptors (Lipinski definition) is 5. The SMILES string of the molecule is NCc1nc(C(=O)NCC(c2ccccc2)N2CCCCCC2)co1. The van der Waals surface area contributed by atoms with E-state index in [1.165, 1.54) is 37.5 Å². The van der Waals surface area contributed by atoms with Gasteiger partial charge in [0.15, 0.2) is 5.69 Å². The number of aromatic nitrogens is 1. The lowest BCUT2D eigenvalue weighted by Crippen LogP contribution is -2.38. The molecule has 1 atom stereocenters. The predicted molar refractivity (Wildman–Crippen MR) is 96.0 cm³/mol. The molecule has 1 aliphatic heterocycles. The highest BCUT2D eigenvalue weighted by Gasteiger charge is 2.22. The largest absolute Gasteiger partial charge is 0.447 e. The number of nitrogens with one attached hydrogen (secondary N) is 1. The third kappa shape index (κ3) is 4.67. The van der Waals surface area contributed by atoms with Crippen LogP contribution >= 0.6 is 0 Å². The van der Waals surface area contributed by atoms with Gasteiger partial charge in [-0.2, -0.15) is 0 Å². The summed E-state index contributed by atoms with van der Waals surface area (Å²) in [7, 11) is 0. The van der Waals surface area contributed by atoms with Gasteiger partial charge in [0.2, 0.25) is 5.89 Å². The molecular formula is C19H26N4O2. The maximum Gasteiger partial charge on any atom is 0.273 e. The molecule has 6 nitrogen and oxygen atoms in total. The van der Waals surface area contributed by atoms with Crippen molar-refractivity contribution >= 4 is 5.91 Å². The Labute approximate surface area is 148 Å². The first kappa shape index (κ1) is 17.6. The van der Waals surface area contributed by atoms with Gasteiger partial charge in [0.1, 0.15) is 6.26 Å². The van der Waals surface area contributed by atoms with Crippen molar-refractivity contribution in [2.24, 2.45) is 5.73 Å². The van der Waals surface area contributed by atoms with E-state index in [1.807, 2.05) is 18.2 Å². The van der Waals surface area contributed by atoms with Gasteiger partial charge in [0, 0.05) is 6.54 Å². The molecule has 25 heavy (non-hydrogen) atoms. The van der Waals surface area contributed by atoms with Gasteiger partial charge < -0.3 is 15.5 Å². The molecule has 0 spiro atoms. The predicted octanol–water partition coefficient (Wildman–Crippen LogP) is 2.48. The molecule has 2 aromatic rings. The molecule has 1 aromatic carbocycles. The van der Waals surface area contributed by atoms with Crippen molar-refractivity contribution in [2.75, 3.05) is 19.6 Å². The van der Waals surface area contributed by atoms with Crippen molar-refractivity contribution < 1.29 is 9.21 Å². The highest BCUT2D eigenvalue weighted by atomic mass is 16.3. The maximum atomic E-state index is 12.4. The standard InChI is InChI=1S/C19H26N4O2/c20-12-18-22-16(14-25-18)19(24)21-13-17(15-8-4-3-5-9-15)23-10-6-1-2-7-11-23/h3-5,8-9,14,17H,1-2,6-7,10-13,20H2,(H,21,24). The van der Waals surface area contributed by atoms with Gasteiger partial charge in [-0.1, -0.05) is 43.2 Å². The van der Waals surface area contributed by atoms with Crippen molar-refractivity contribution in [1.29, 1.82) is 0 Å². The first-order valence-electron chi connectivity index (χ1n) is 8.99. The van der Waals surface area contributed by atoms with Gasteiger partial charge in [0.25, 0.3) is 5.91 Å². The maximum absolute atomic E-state index is 12.4. The average molecular weight is 342 g/mol. The Morgan fingerprint density at radius 3 is 2.56 bits per heavy atom. The molecule has 3 rings (SSSR count). The van der Waals surface area contributed by atoms with Crippen LogP contribution in [-0.2, 0) is 6.54 Å². The lowest BCUT2D eigenvalue weighted by atomic mass is 10.0. The smallest absolute Gasteiger partial charge is 0.273 e. The first-order chi connectivity index (χ1) is 12.3. The van der Waals surface area contributed by atoms with Crippen LogP contribution in [0, 0.1) is 0 Å². The summed E-state index contributed by atoms with van der Waals surface area (Å²) < 4.78 is 5.15. The van der Waals surface area contributed by atoms with Crippen molar-refractivity contribution in [1.82, 2.24) is 15.2 Å². The summed E-state index contributed by atoms with van der Waals surface area (Å²) in [5.41, 5.74) is 6.99. The van der Waals surface area contributed by atoms with Crippen LogP contribution in [0.4, 0.5) is 0 Å². The lowest BCUT2D eigenvalue weighted by Gasteiger charge is -2.31. The molecule has 2 heterocycles. The molecule has 0 saturated carbocycles. The Kier molecular flexibility index (Phi) is 6.19. The van der Waals surface area contributed by atoms with Gasteiger partial charge in [0.05, 0.1) is 12.6 Å². The molecule has 0 radical (unpaired) electrons. The third-order valence-corrected chi connectivity index (χ3v) is 4.68. The number of amides is 1. The molecule has 1 fully saturated rings. The lowest BCUT2D eigenvalue weighted by molar-refractivity contribution is 0.0928. The topological polar surface area (TPSA) is 84.4 Å². The third-order valence-electron chi connectivity index (χ3n) is 4.68. The zero-order chi connectivity index (χ0) is 17.5. The molecule has 1 aromatic heterocycles. The van der Waals surface area contributed by atoms with Gasteiger partial charge >= 0.3 is 0 Å². The number of nitrogens with zero attached hydrogens (tertiary/aromatic N) is 2. The first-order valence-corrected chi connectivity index (χ1v) is 8.99. The Morgan fingerprint density at radius 2 is 1.92 bits per heavy atom. The van der Waals surface area contributed by atoms with Crippen molar-refractivity contribution in [3.63, 3.8) is 0 Å². The van der Waals surface area contributed by atoms with Gasteiger partial charge in [-0.15, -0.1) is 0 Å². The molecule has 0 bridgehead atoms. The number of rotatable bonds is 6. The highest BCUT2D eigenvalue weighted by molar-refractivity contribution is 5.91. The van der Waals surface area contributed by atoms with E-state index in [4.69, 9.17) is 10.2 Å². The Morgan fingerprint density at radius 1 is 1.20 bits per heavy atom. The number of nitrogens with two attached hydrogens (primary N) is 1. The van der Waals surface area contributed by atoms with Crippen molar-refractivity contribution in [3.05, 3.63) is 53.7 Å². The van der Waals surface area contributed by atoms with E-state index in [0.29, 0.717) is 12.4 Å².